The maximum absolute atomic E-state index is 13.4. The number of fused-ring (bicyclic) bond motifs is 1. The predicted molar refractivity (Wildman–Crippen MR) is 126 cm³/mol. The number of hydrogen-bond donors (Lipinski definition) is 1. The van der Waals surface area contributed by atoms with Gasteiger partial charge >= 0.3 is 0 Å². The summed E-state index contributed by atoms with van der Waals surface area (Å²) in [4.78, 5) is 28.2. The van der Waals surface area contributed by atoms with Gasteiger partial charge in [0.05, 0.1) is 12.1 Å². The molecule has 2 amide bonds. The zero-order valence-corrected chi connectivity index (χ0v) is 18.5. The number of amides is 2. The molecule has 2 aliphatic heterocycles. The van der Waals surface area contributed by atoms with E-state index < -0.39 is 0 Å². The van der Waals surface area contributed by atoms with Gasteiger partial charge in [0.25, 0.3) is 11.8 Å². The first-order chi connectivity index (χ1) is 16.0. The summed E-state index contributed by atoms with van der Waals surface area (Å²) in [5.74, 6) is 0.999. The molecule has 0 fully saturated rings. The average molecular weight is 440 g/mol. The molecule has 0 saturated carbocycles. The third kappa shape index (κ3) is 3.96. The molecule has 0 bridgehead atoms. The Bertz CT molecular complexity index is 1250. The molecule has 3 aromatic rings. The van der Waals surface area contributed by atoms with E-state index in [0.29, 0.717) is 28.6 Å². The minimum atomic E-state index is -0.357. The number of carbonyl (C=O) groups excluding carboxylic acids is 2. The second kappa shape index (κ2) is 8.47. The van der Waals surface area contributed by atoms with Gasteiger partial charge in [-0.05, 0) is 46.9 Å². The first kappa shape index (κ1) is 20.8. The molecule has 6 nitrogen and oxygen atoms in total. The van der Waals surface area contributed by atoms with E-state index in [1.165, 1.54) is 10.5 Å². The van der Waals surface area contributed by atoms with Crippen LogP contribution in [0.3, 0.4) is 0 Å². The molecule has 0 aliphatic carbocycles. The molecular formula is C27H24N2O4. The van der Waals surface area contributed by atoms with E-state index in [-0.39, 0.29) is 30.8 Å². The monoisotopic (exact) mass is 440 g/mol. The predicted octanol–water partition coefficient (Wildman–Crippen LogP) is 4.93. The smallest absolute Gasteiger partial charge is 0.278 e. The van der Waals surface area contributed by atoms with Crippen LogP contribution in [0.15, 0.2) is 78.5 Å². The fourth-order valence-corrected chi connectivity index (χ4v) is 4.03. The van der Waals surface area contributed by atoms with Crippen LogP contribution >= 0.6 is 0 Å². The van der Waals surface area contributed by atoms with E-state index >= 15 is 0 Å². The van der Waals surface area contributed by atoms with Crippen LogP contribution in [0.2, 0.25) is 0 Å². The Hall–Kier alpha value is -4.06. The molecule has 3 aromatic carbocycles. The Kier molecular flexibility index (Phi) is 5.34. The lowest BCUT2D eigenvalue weighted by molar-refractivity contribution is -0.137. The summed E-state index contributed by atoms with van der Waals surface area (Å²) in [5.41, 5.74) is 4.10. The Morgan fingerprint density at radius 2 is 1.61 bits per heavy atom. The Balaban J connectivity index is 1.47. The number of rotatable bonds is 6. The molecule has 2 heterocycles. The summed E-state index contributed by atoms with van der Waals surface area (Å²) in [5, 5.41) is 3.22. The van der Waals surface area contributed by atoms with Crippen molar-refractivity contribution in [3.8, 4) is 11.5 Å². The van der Waals surface area contributed by atoms with Crippen molar-refractivity contribution < 1.29 is 19.1 Å². The lowest BCUT2D eigenvalue weighted by Gasteiger charge is -2.16. The fourth-order valence-electron chi connectivity index (χ4n) is 4.03. The number of anilines is 1. The molecule has 6 heteroatoms. The summed E-state index contributed by atoms with van der Waals surface area (Å²) in [6.07, 6.45) is 0. The standard InChI is InChI=1S/C27H24N2O4/c1-17(2)19-9-11-21(12-10-19)28-25-24(20-6-4-3-5-7-20)26(30)29(27(25)31)15-18-8-13-22-23(14-18)33-16-32-22/h3-14,17,28H,15-16H2,1-2H3. The molecule has 0 radical (unpaired) electrons. The van der Waals surface area contributed by atoms with E-state index in [2.05, 4.69) is 19.2 Å². The van der Waals surface area contributed by atoms with Crippen molar-refractivity contribution in [2.45, 2.75) is 26.3 Å². The number of carbonyl (C=O) groups is 2. The van der Waals surface area contributed by atoms with Crippen molar-refractivity contribution in [2.24, 2.45) is 0 Å². The lowest BCUT2D eigenvalue weighted by Crippen LogP contribution is -2.32. The molecule has 33 heavy (non-hydrogen) atoms. The van der Waals surface area contributed by atoms with Crippen molar-refractivity contribution in [1.82, 2.24) is 4.90 Å². The largest absolute Gasteiger partial charge is 0.454 e. The molecule has 1 N–H and O–H groups in total. The normalized spacial score (nSPS) is 15.1. The number of imide groups is 1. The minimum absolute atomic E-state index is 0.141. The number of nitrogens with zero attached hydrogens (tertiary/aromatic N) is 1. The van der Waals surface area contributed by atoms with Crippen LogP contribution < -0.4 is 14.8 Å². The highest BCUT2D eigenvalue weighted by molar-refractivity contribution is 6.36. The first-order valence-corrected chi connectivity index (χ1v) is 10.9. The fraction of sp³-hybridized carbons (Fsp3) is 0.185. The summed E-state index contributed by atoms with van der Waals surface area (Å²) in [7, 11) is 0. The van der Waals surface area contributed by atoms with Gasteiger partial charge in [-0.15, -0.1) is 0 Å². The number of nitrogens with one attached hydrogen (secondary N) is 1. The van der Waals surface area contributed by atoms with E-state index in [1.54, 1.807) is 12.1 Å². The maximum atomic E-state index is 13.4. The maximum Gasteiger partial charge on any atom is 0.278 e. The highest BCUT2D eigenvalue weighted by Crippen LogP contribution is 2.35. The van der Waals surface area contributed by atoms with Crippen LogP contribution in [-0.4, -0.2) is 23.5 Å². The van der Waals surface area contributed by atoms with Gasteiger partial charge in [-0.25, -0.2) is 0 Å². The molecule has 2 aliphatic rings. The second-order valence-corrected chi connectivity index (χ2v) is 8.40. The molecule has 166 valence electrons. The van der Waals surface area contributed by atoms with Crippen LogP contribution in [-0.2, 0) is 16.1 Å². The third-order valence-corrected chi connectivity index (χ3v) is 5.85. The summed E-state index contributed by atoms with van der Waals surface area (Å²) < 4.78 is 10.8. The molecule has 0 saturated heterocycles. The Labute approximate surface area is 192 Å². The zero-order chi connectivity index (χ0) is 22.9. The number of benzene rings is 3. The van der Waals surface area contributed by atoms with E-state index in [0.717, 1.165) is 11.3 Å². The van der Waals surface area contributed by atoms with E-state index in [1.807, 2.05) is 60.7 Å². The van der Waals surface area contributed by atoms with Crippen LogP contribution in [0.4, 0.5) is 5.69 Å². The Morgan fingerprint density at radius 3 is 2.33 bits per heavy atom. The molecule has 0 unspecified atom stereocenters. The van der Waals surface area contributed by atoms with Crippen molar-refractivity contribution in [3.05, 3.63) is 95.2 Å². The van der Waals surface area contributed by atoms with Crippen molar-refractivity contribution in [2.75, 3.05) is 12.1 Å². The molecule has 0 spiro atoms. The quantitative estimate of drug-likeness (QED) is 0.551. The van der Waals surface area contributed by atoms with Gasteiger partial charge in [0.15, 0.2) is 11.5 Å². The topological polar surface area (TPSA) is 67.9 Å². The van der Waals surface area contributed by atoms with E-state index in [9.17, 15) is 9.59 Å². The number of hydrogen-bond acceptors (Lipinski definition) is 5. The van der Waals surface area contributed by atoms with Gasteiger partial charge in [-0.1, -0.05) is 62.4 Å². The van der Waals surface area contributed by atoms with Crippen LogP contribution in [0.1, 0.15) is 36.5 Å². The highest BCUT2D eigenvalue weighted by atomic mass is 16.7. The van der Waals surface area contributed by atoms with E-state index in [4.69, 9.17) is 9.47 Å². The summed E-state index contributed by atoms with van der Waals surface area (Å²) in [6, 6.07) is 22.6. The minimum Gasteiger partial charge on any atom is -0.454 e. The molecule has 5 rings (SSSR count). The summed E-state index contributed by atoms with van der Waals surface area (Å²) >= 11 is 0. The van der Waals surface area contributed by atoms with Gasteiger partial charge in [0.1, 0.15) is 5.70 Å². The SMILES string of the molecule is CC(C)c1ccc(NC2=C(c3ccccc3)C(=O)N(Cc3ccc4c(c3)OCO4)C2=O)cc1. The van der Waals surface area contributed by atoms with Crippen molar-refractivity contribution in [3.63, 3.8) is 0 Å². The van der Waals surface area contributed by atoms with Crippen LogP contribution in [0.25, 0.3) is 5.57 Å². The average Bonchev–Trinajstić information content (AvgIpc) is 3.38. The molecule has 0 aromatic heterocycles. The van der Waals surface area contributed by atoms with Gasteiger partial charge in [-0.3, -0.25) is 14.5 Å². The van der Waals surface area contributed by atoms with Crippen molar-refractivity contribution >= 4 is 23.1 Å². The van der Waals surface area contributed by atoms with Gasteiger partial charge in [0.2, 0.25) is 6.79 Å². The third-order valence-electron chi connectivity index (χ3n) is 5.85. The first-order valence-electron chi connectivity index (χ1n) is 10.9. The van der Waals surface area contributed by atoms with Gasteiger partial charge < -0.3 is 14.8 Å². The van der Waals surface area contributed by atoms with Gasteiger partial charge in [0, 0.05) is 5.69 Å². The van der Waals surface area contributed by atoms with Gasteiger partial charge in [-0.2, -0.15) is 0 Å². The zero-order valence-electron chi connectivity index (χ0n) is 18.5. The van der Waals surface area contributed by atoms with Crippen LogP contribution in [0.5, 0.6) is 11.5 Å². The summed E-state index contributed by atoms with van der Waals surface area (Å²) in [6.45, 7) is 4.57. The Morgan fingerprint density at radius 1 is 0.879 bits per heavy atom. The molecular weight excluding hydrogens is 416 g/mol. The highest BCUT2D eigenvalue weighted by Gasteiger charge is 2.39. The number of ether oxygens (including phenoxy) is 2. The van der Waals surface area contributed by atoms with Crippen molar-refractivity contribution in [1.29, 1.82) is 0 Å². The lowest BCUT2D eigenvalue weighted by atomic mass is 10.0. The molecule has 0 atom stereocenters. The second-order valence-electron chi connectivity index (χ2n) is 8.40. The van der Waals surface area contributed by atoms with Crippen LogP contribution in [0, 0.1) is 0 Å².